The number of nitrogens with two attached hydrogens (primary N) is 1. The molecule has 5 nitrogen and oxygen atoms in total. The van der Waals surface area contributed by atoms with Gasteiger partial charge >= 0.3 is 0 Å². The van der Waals surface area contributed by atoms with Gasteiger partial charge in [-0.05, 0) is 18.6 Å². The van der Waals surface area contributed by atoms with Crippen LogP contribution in [0.15, 0.2) is 18.2 Å². The molecule has 1 unspecified atom stereocenters. The van der Waals surface area contributed by atoms with Crippen molar-refractivity contribution in [2.24, 2.45) is 0 Å². The number of anilines is 2. The summed E-state index contributed by atoms with van der Waals surface area (Å²) in [6.07, 6.45) is 1.44. The highest BCUT2D eigenvalue weighted by Crippen LogP contribution is 2.24. The summed E-state index contributed by atoms with van der Waals surface area (Å²) in [5.74, 6) is -0.487. The highest BCUT2D eigenvalue weighted by atomic mass is 16.2. The zero-order valence-electron chi connectivity index (χ0n) is 9.62. The molecule has 17 heavy (non-hydrogen) atoms. The van der Waals surface area contributed by atoms with E-state index < -0.39 is 6.04 Å². The average molecular weight is 233 g/mol. The van der Waals surface area contributed by atoms with E-state index in [4.69, 9.17) is 5.73 Å². The molecule has 1 aromatic carbocycles. The first-order chi connectivity index (χ1) is 8.13. The molecule has 1 aliphatic rings. The van der Waals surface area contributed by atoms with Crippen molar-refractivity contribution in [3.63, 3.8) is 0 Å². The number of carbonyl (C=O) groups excluding carboxylic acids is 2. The summed E-state index contributed by atoms with van der Waals surface area (Å²) in [5, 5.41) is 5.42. The van der Waals surface area contributed by atoms with Crippen LogP contribution in [-0.2, 0) is 4.79 Å². The molecule has 1 aromatic rings. The van der Waals surface area contributed by atoms with Crippen molar-refractivity contribution >= 4 is 23.2 Å². The van der Waals surface area contributed by atoms with Crippen LogP contribution < -0.4 is 16.4 Å². The van der Waals surface area contributed by atoms with Crippen molar-refractivity contribution in [1.29, 1.82) is 0 Å². The molecule has 0 bridgehead atoms. The van der Waals surface area contributed by atoms with E-state index in [2.05, 4.69) is 10.6 Å². The first-order valence-electron chi connectivity index (χ1n) is 5.63. The van der Waals surface area contributed by atoms with E-state index in [-0.39, 0.29) is 11.8 Å². The van der Waals surface area contributed by atoms with Gasteiger partial charge in [0, 0.05) is 5.69 Å². The molecular weight excluding hydrogens is 218 g/mol. The maximum atomic E-state index is 12.0. The van der Waals surface area contributed by atoms with Crippen molar-refractivity contribution in [1.82, 2.24) is 5.32 Å². The predicted octanol–water partition coefficient (Wildman–Crippen LogP) is 1.12. The first kappa shape index (κ1) is 11.4. The summed E-state index contributed by atoms with van der Waals surface area (Å²) in [4.78, 5) is 23.8. The lowest BCUT2D eigenvalue weighted by molar-refractivity contribution is -0.118. The van der Waals surface area contributed by atoms with Crippen molar-refractivity contribution in [2.45, 2.75) is 25.8 Å². The summed E-state index contributed by atoms with van der Waals surface area (Å²) in [5.41, 5.74) is 6.95. The SMILES string of the molecule is CCCC1NC(=O)c2c(N)cccc2NC1=O. The molecule has 2 rings (SSSR count). The molecule has 90 valence electrons. The van der Waals surface area contributed by atoms with Crippen molar-refractivity contribution in [3.8, 4) is 0 Å². The van der Waals surface area contributed by atoms with Crippen LogP contribution in [0.25, 0.3) is 0 Å². The molecular formula is C12H15N3O2. The highest BCUT2D eigenvalue weighted by Gasteiger charge is 2.28. The maximum Gasteiger partial charge on any atom is 0.256 e. The fourth-order valence-electron chi connectivity index (χ4n) is 1.94. The molecule has 0 aromatic heterocycles. The van der Waals surface area contributed by atoms with Crippen LogP contribution in [0.3, 0.4) is 0 Å². The van der Waals surface area contributed by atoms with Gasteiger partial charge in [-0.1, -0.05) is 19.4 Å². The van der Waals surface area contributed by atoms with Gasteiger partial charge in [0.1, 0.15) is 6.04 Å². The Labute approximate surface area is 99.4 Å². The fraction of sp³-hybridized carbons (Fsp3) is 0.333. The average Bonchev–Trinajstić information content (AvgIpc) is 2.38. The summed E-state index contributed by atoms with van der Waals surface area (Å²) in [7, 11) is 0. The Kier molecular flexibility index (Phi) is 2.99. The number of nitrogen functional groups attached to an aromatic ring is 1. The van der Waals surface area contributed by atoms with E-state index in [1.54, 1.807) is 18.2 Å². The minimum absolute atomic E-state index is 0.190. The number of carbonyl (C=O) groups is 2. The Morgan fingerprint density at radius 1 is 1.35 bits per heavy atom. The van der Waals surface area contributed by atoms with Crippen molar-refractivity contribution in [3.05, 3.63) is 23.8 Å². The Balaban J connectivity index is 2.40. The molecule has 0 saturated heterocycles. The predicted molar refractivity (Wildman–Crippen MR) is 65.6 cm³/mol. The highest BCUT2D eigenvalue weighted by molar-refractivity contribution is 6.12. The molecule has 1 heterocycles. The second-order valence-corrected chi connectivity index (χ2v) is 4.07. The topological polar surface area (TPSA) is 84.2 Å². The van der Waals surface area contributed by atoms with E-state index in [1.807, 2.05) is 6.92 Å². The number of nitrogens with one attached hydrogen (secondary N) is 2. The Morgan fingerprint density at radius 2 is 2.12 bits per heavy atom. The van der Waals surface area contributed by atoms with Crippen LogP contribution in [0.2, 0.25) is 0 Å². The summed E-state index contributed by atoms with van der Waals surface area (Å²) >= 11 is 0. The second-order valence-electron chi connectivity index (χ2n) is 4.07. The third-order valence-electron chi connectivity index (χ3n) is 2.78. The number of benzene rings is 1. The smallest absolute Gasteiger partial charge is 0.256 e. The third kappa shape index (κ3) is 2.08. The van der Waals surface area contributed by atoms with Gasteiger partial charge in [-0.15, -0.1) is 0 Å². The number of hydrogen-bond donors (Lipinski definition) is 3. The molecule has 2 amide bonds. The molecule has 1 atom stereocenters. The van der Waals surface area contributed by atoms with E-state index >= 15 is 0 Å². The number of rotatable bonds is 2. The van der Waals surface area contributed by atoms with Gasteiger partial charge in [0.2, 0.25) is 5.91 Å². The summed E-state index contributed by atoms with van der Waals surface area (Å²) < 4.78 is 0. The zero-order valence-corrected chi connectivity index (χ0v) is 9.62. The Morgan fingerprint density at radius 3 is 2.82 bits per heavy atom. The molecule has 0 radical (unpaired) electrons. The first-order valence-corrected chi connectivity index (χ1v) is 5.63. The zero-order chi connectivity index (χ0) is 12.4. The Hall–Kier alpha value is -2.04. The lowest BCUT2D eigenvalue weighted by atomic mass is 10.1. The number of fused-ring (bicyclic) bond motifs is 1. The van der Waals surface area contributed by atoms with Gasteiger partial charge < -0.3 is 16.4 Å². The summed E-state index contributed by atoms with van der Waals surface area (Å²) in [6.45, 7) is 1.96. The fourth-order valence-corrected chi connectivity index (χ4v) is 1.94. The van der Waals surface area contributed by atoms with Gasteiger partial charge in [0.05, 0.1) is 11.3 Å². The van der Waals surface area contributed by atoms with Crippen LogP contribution in [0.1, 0.15) is 30.1 Å². The molecule has 0 spiro atoms. The second kappa shape index (κ2) is 4.45. The van der Waals surface area contributed by atoms with Crippen molar-refractivity contribution in [2.75, 3.05) is 11.1 Å². The van der Waals surface area contributed by atoms with E-state index in [0.29, 0.717) is 23.4 Å². The largest absolute Gasteiger partial charge is 0.398 e. The summed E-state index contributed by atoms with van der Waals surface area (Å²) in [6, 6.07) is 4.55. The van der Waals surface area contributed by atoms with Crippen LogP contribution in [0.4, 0.5) is 11.4 Å². The Bertz CT molecular complexity index is 471. The lowest BCUT2D eigenvalue weighted by Gasteiger charge is -2.12. The van der Waals surface area contributed by atoms with Crippen LogP contribution in [-0.4, -0.2) is 17.9 Å². The van der Waals surface area contributed by atoms with E-state index in [1.165, 1.54) is 0 Å². The van der Waals surface area contributed by atoms with Crippen LogP contribution in [0.5, 0.6) is 0 Å². The van der Waals surface area contributed by atoms with Gasteiger partial charge in [-0.3, -0.25) is 9.59 Å². The van der Waals surface area contributed by atoms with E-state index in [0.717, 1.165) is 6.42 Å². The minimum atomic E-state index is -0.487. The molecule has 1 aliphatic heterocycles. The molecule has 0 fully saturated rings. The van der Waals surface area contributed by atoms with Crippen molar-refractivity contribution < 1.29 is 9.59 Å². The molecule has 5 heteroatoms. The minimum Gasteiger partial charge on any atom is -0.398 e. The van der Waals surface area contributed by atoms with Gasteiger partial charge in [0.15, 0.2) is 0 Å². The van der Waals surface area contributed by atoms with Crippen LogP contribution >= 0.6 is 0 Å². The van der Waals surface area contributed by atoms with Gasteiger partial charge in [-0.2, -0.15) is 0 Å². The standard InChI is InChI=1S/C12H15N3O2/c1-2-4-9-11(16)14-8-6-3-5-7(13)10(8)12(17)15-9/h3,5-6,9H,2,4,13H2,1H3,(H,14,16)(H,15,17). The van der Waals surface area contributed by atoms with Crippen LogP contribution in [0, 0.1) is 0 Å². The molecule has 0 saturated carbocycles. The number of hydrogen-bond acceptors (Lipinski definition) is 3. The van der Waals surface area contributed by atoms with Gasteiger partial charge in [-0.25, -0.2) is 0 Å². The maximum absolute atomic E-state index is 12.0. The monoisotopic (exact) mass is 233 g/mol. The number of amides is 2. The normalized spacial score (nSPS) is 19.0. The quantitative estimate of drug-likeness (QED) is 0.669. The molecule has 0 aliphatic carbocycles. The lowest BCUT2D eigenvalue weighted by Crippen LogP contribution is -2.41. The third-order valence-corrected chi connectivity index (χ3v) is 2.78. The molecule has 4 N–H and O–H groups in total. The van der Waals surface area contributed by atoms with E-state index in [9.17, 15) is 9.59 Å². The van der Waals surface area contributed by atoms with Gasteiger partial charge in [0.25, 0.3) is 5.91 Å².